The molecular weight excluding hydrogens is 290 g/mol. The van der Waals surface area contributed by atoms with E-state index in [1.807, 2.05) is 24.3 Å². The molecule has 0 aliphatic heterocycles. The van der Waals surface area contributed by atoms with Crippen molar-refractivity contribution in [3.8, 4) is 0 Å². The van der Waals surface area contributed by atoms with E-state index in [9.17, 15) is 4.79 Å². The SMILES string of the molecule is COCCc1ccccc1Nc1nc(C)nc(Cl)c1C=O. The molecule has 1 aromatic carbocycles. The average Bonchev–Trinajstić information content (AvgIpc) is 2.46. The molecule has 1 heterocycles. The molecule has 0 bridgehead atoms. The second-order valence-electron chi connectivity index (χ2n) is 4.47. The number of carbonyl (C=O) groups is 1. The van der Waals surface area contributed by atoms with E-state index in [1.165, 1.54) is 0 Å². The van der Waals surface area contributed by atoms with E-state index in [2.05, 4.69) is 15.3 Å². The molecule has 0 radical (unpaired) electrons. The fourth-order valence-corrected chi connectivity index (χ4v) is 2.20. The number of carbonyl (C=O) groups excluding carboxylic acids is 1. The monoisotopic (exact) mass is 305 g/mol. The lowest BCUT2D eigenvalue weighted by Gasteiger charge is -2.13. The van der Waals surface area contributed by atoms with Gasteiger partial charge in [0.2, 0.25) is 0 Å². The van der Waals surface area contributed by atoms with Gasteiger partial charge in [-0.15, -0.1) is 0 Å². The summed E-state index contributed by atoms with van der Waals surface area (Å²) in [6.45, 7) is 2.34. The quantitative estimate of drug-likeness (QED) is 0.656. The van der Waals surface area contributed by atoms with Gasteiger partial charge in [0.25, 0.3) is 0 Å². The summed E-state index contributed by atoms with van der Waals surface area (Å²) < 4.78 is 5.10. The van der Waals surface area contributed by atoms with Crippen molar-refractivity contribution in [3.05, 3.63) is 46.4 Å². The van der Waals surface area contributed by atoms with Gasteiger partial charge in [0.15, 0.2) is 6.29 Å². The first kappa shape index (κ1) is 15.4. The van der Waals surface area contributed by atoms with Crippen LogP contribution in [-0.4, -0.2) is 30.0 Å². The molecule has 1 N–H and O–H groups in total. The summed E-state index contributed by atoms with van der Waals surface area (Å²) in [6.07, 6.45) is 1.41. The predicted molar refractivity (Wildman–Crippen MR) is 82.5 cm³/mol. The minimum absolute atomic E-state index is 0.148. The lowest BCUT2D eigenvalue weighted by molar-refractivity contribution is 0.112. The molecule has 0 aliphatic rings. The molecule has 0 saturated carbocycles. The highest BCUT2D eigenvalue weighted by Gasteiger charge is 2.12. The number of para-hydroxylation sites is 1. The fraction of sp³-hybridized carbons (Fsp3) is 0.267. The zero-order chi connectivity index (χ0) is 15.2. The Hall–Kier alpha value is -1.98. The van der Waals surface area contributed by atoms with Crippen LogP contribution in [0.2, 0.25) is 5.15 Å². The Morgan fingerprint density at radius 2 is 2.10 bits per heavy atom. The second-order valence-corrected chi connectivity index (χ2v) is 4.82. The van der Waals surface area contributed by atoms with Gasteiger partial charge in [-0.05, 0) is 25.0 Å². The third-order valence-electron chi connectivity index (χ3n) is 2.97. The Morgan fingerprint density at radius 3 is 2.81 bits per heavy atom. The zero-order valence-corrected chi connectivity index (χ0v) is 12.6. The van der Waals surface area contributed by atoms with E-state index < -0.39 is 0 Å². The van der Waals surface area contributed by atoms with Crippen molar-refractivity contribution in [2.45, 2.75) is 13.3 Å². The first-order chi connectivity index (χ1) is 10.2. The standard InChI is InChI=1S/C15H16ClN3O2/c1-10-17-14(16)12(9-20)15(18-10)19-13-6-4-3-5-11(13)7-8-21-2/h3-6,9H,7-8H2,1-2H3,(H,17,18,19). The molecule has 6 heteroatoms. The molecule has 0 spiro atoms. The summed E-state index contributed by atoms with van der Waals surface area (Å²) in [5.74, 6) is 0.912. The number of anilines is 2. The number of ether oxygens (including phenoxy) is 1. The topological polar surface area (TPSA) is 64.1 Å². The van der Waals surface area contributed by atoms with E-state index >= 15 is 0 Å². The van der Waals surface area contributed by atoms with Crippen molar-refractivity contribution >= 4 is 29.4 Å². The number of hydrogen-bond acceptors (Lipinski definition) is 5. The third kappa shape index (κ3) is 3.77. The van der Waals surface area contributed by atoms with Crippen molar-refractivity contribution in [1.29, 1.82) is 0 Å². The molecule has 0 fully saturated rings. The van der Waals surface area contributed by atoms with Gasteiger partial charge in [-0.3, -0.25) is 4.79 Å². The van der Waals surface area contributed by atoms with Crippen LogP contribution in [0.15, 0.2) is 24.3 Å². The first-order valence-electron chi connectivity index (χ1n) is 6.49. The summed E-state index contributed by atoms with van der Waals surface area (Å²) in [5.41, 5.74) is 2.19. The van der Waals surface area contributed by atoms with Crippen molar-refractivity contribution in [2.24, 2.45) is 0 Å². The van der Waals surface area contributed by atoms with Crippen molar-refractivity contribution in [2.75, 3.05) is 19.0 Å². The van der Waals surface area contributed by atoms with Crippen LogP contribution in [0.4, 0.5) is 11.5 Å². The molecular formula is C15H16ClN3O2. The minimum atomic E-state index is 0.148. The van der Waals surface area contributed by atoms with Gasteiger partial charge < -0.3 is 10.1 Å². The predicted octanol–water partition coefficient (Wildman–Crippen LogP) is 3.18. The molecule has 5 nitrogen and oxygen atoms in total. The number of halogens is 1. The van der Waals surface area contributed by atoms with Gasteiger partial charge in [0, 0.05) is 12.8 Å². The maximum absolute atomic E-state index is 11.2. The number of rotatable bonds is 6. The molecule has 0 atom stereocenters. The highest BCUT2D eigenvalue weighted by molar-refractivity contribution is 6.32. The number of benzene rings is 1. The normalized spacial score (nSPS) is 10.4. The van der Waals surface area contributed by atoms with Crippen LogP contribution in [0, 0.1) is 6.92 Å². The number of nitrogens with one attached hydrogen (secondary N) is 1. The van der Waals surface area contributed by atoms with Crippen LogP contribution in [0.1, 0.15) is 21.7 Å². The molecule has 21 heavy (non-hydrogen) atoms. The van der Waals surface area contributed by atoms with Crippen LogP contribution in [-0.2, 0) is 11.2 Å². The van der Waals surface area contributed by atoms with E-state index in [-0.39, 0.29) is 10.7 Å². The summed E-state index contributed by atoms with van der Waals surface area (Å²) in [7, 11) is 1.66. The van der Waals surface area contributed by atoms with Crippen LogP contribution in [0.3, 0.4) is 0 Å². The largest absolute Gasteiger partial charge is 0.384 e. The van der Waals surface area contributed by atoms with Crippen LogP contribution in [0.5, 0.6) is 0 Å². The second kappa shape index (κ2) is 7.15. The highest BCUT2D eigenvalue weighted by Crippen LogP contribution is 2.25. The Labute approximate surface area is 128 Å². The zero-order valence-electron chi connectivity index (χ0n) is 11.9. The smallest absolute Gasteiger partial charge is 0.156 e. The molecule has 0 saturated heterocycles. The van der Waals surface area contributed by atoms with Crippen molar-refractivity contribution in [3.63, 3.8) is 0 Å². The van der Waals surface area contributed by atoms with Gasteiger partial charge in [-0.2, -0.15) is 0 Å². The Kier molecular flexibility index (Phi) is 5.25. The number of aldehydes is 1. The summed E-state index contributed by atoms with van der Waals surface area (Å²) in [6, 6.07) is 7.78. The minimum Gasteiger partial charge on any atom is -0.384 e. The molecule has 110 valence electrons. The molecule has 2 aromatic rings. The molecule has 0 unspecified atom stereocenters. The van der Waals surface area contributed by atoms with Gasteiger partial charge in [-0.1, -0.05) is 29.8 Å². The average molecular weight is 306 g/mol. The number of hydrogen-bond donors (Lipinski definition) is 1. The van der Waals surface area contributed by atoms with E-state index in [1.54, 1.807) is 14.0 Å². The Balaban J connectivity index is 2.36. The Morgan fingerprint density at radius 1 is 1.33 bits per heavy atom. The van der Waals surface area contributed by atoms with E-state index in [0.717, 1.165) is 17.7 Å². The summed E-state index contributed by atoms with van der Waals surface area (Å²) in [4.78, 5) is 19.4. The Bertz CT molecular complexity index is 647. The molecule has 0 amide bonds. The third-order valence-corrected chi connectivity index (χ3v) is 3.26. The fourth-order valence-electron chi connectivity index (χ4n) is 1.95. The van der Waals surface area contributed by atoms with Gasteiger partial charge >= 0.3 is 0 Å². The van der Waals surface area contributed by atoms with Crippen LogP contribution >= 0.6 is 11.6 Å². The highest BCUT2D eigenvalue weighted by atomic mass is 35.5. The van der Waals surface area contributed by atoms with Gasteiger partial charge in [0.1, 0.15) is 16.8 Å². The van der Waals surface area contributed by atoms with E-state index in [0.29, 0.717) is 24.5 Å². The van der Waals surface area contributed by atoms with Crippen molar-refractivity contribution in [1.82, 2.24) is 9.97 Å². The van der Waals surface area contributed by atoms with Gasteiger partial charge in [0.05, 0.1) is 12.2 Å². The number of aromatic nitrogens is 2. The number of aryl methyl sites for hydroxylation is 1. The first-order valence-corrected chi connectivity index (χ1v) is 6.86. The number of nitrogens with zero attached hydrogens (tertiary/aromatic N) is 2. The number of methoxy groups -OCH3 is 1. The summed E-state index contributed by atoms with van der Waals surface area (Å²) in [5, 5.41) is 3.31. The lowest BCUT2D eigenvalue weighted by Crippen LogP contribution is -2.06. The summed E-state index contributed by atoms with van der Waals surface area (Å²) >= 11 is 5.98. The van der Waals surface area contributed by atoms with Crippen LogP contribution in [0.25, 0.3) is 0 Å². The van der Waals surface area contributed by atoms with E-state index in [4.69, 9.17) is 16.3 Å². The van der Waals surface area contributed by atoms with Gasteiger partial charge in [-0.25, -0.2) is 9.97 Å². The maximum atomic E-state index is 11.2. The molecule has 2 rings (SSSR count). The van der Waals surface area contributed by atoms with Crippen molar-refractivity contribution < 1.29 is 9.53 Å². The van der Waals surface area contributed by atoms with Crippen LogP contribution < -0.4 is 5.32 Å². The molecule has 0 aliphatic carbocycles. The molecule has 1 aromatic heterocycles. The maximum Gasteiger partial charge on any atom is 0.156 e. The lowest BCUT2D eigenvalue weighted by atomic mass is 10.1.